The fraction of sp³-hybridized carbons (Fsp3) is 0. The second-order valence-electron chi connectivity index (χ2n) is 3.81. The molecule has 1 amide bonds. The third-order valence-electron chi connectivity index (χ3n) is 2.55. The molecule has 19 heavy (non-hydrogen) atoms. The number of hydrogen-bond donors (Lipinski definition) is 1. The van der Waals surface area contributed by atoms with Crippen molar-refractivity contribution in [3.8, 4) is 11.1 Å². The SMILES string of the molecule is NC(=O)c1ccc(-c2cc(Cl)c(Cl)c(Cl)c2)c(Cl)c1. The molecule has 0 fully saturated rings. The molecule has 6 heteroatoms. The molecule has 0 atom stereocenters. The van der Waals surface area contributed by atoms with E-state index in [0.717, 1.165) is 0 Å². The van der Waals surface area contributed by atoms with Gasteiger partial charge in [-0.15, -0.1) is 0 Å². The monoisotopic (exact) mass is 333 g/mol. The third kappa shape index (κ3) is 2.98. The molecule has 0 heterocycles. The largest absolute Gasteiger partial charge is 0.366 e. The first-order valence-electron chi connectivity index (χ1n) is 5.14. The van der Waals surface area contributed by atoms with Gasteiger partial charge in [-0.05, 0) is 29.8 Å². The molecule has 0 aliphatic carbocycles. The molecule has 0 aromatic heterocycles. The maximum Gasteiger partial charge on any atom is 0.248 e. The summed E-state index contributed by atoms with van der Waals surface area (Å²) >= 11 is 24.0. The lowest BCUT2D eigenvalue weighted by atomic mass is 10.0. The quantitative estimate of drug-likeness (QED) is 0.766. The summed E-state index contributed by atoms with van der Waals surface area (Å²) in [4.78, 5) is 11.1. The van der Waals surface area contributed by atoms with Crippen molar-refractivity contribution in [1.29, 1.82) is 0 Å². The molecular formula is C13H7Cl4NO. The van der Waals surface area contributed by atoms with Crippen LogP contribution in [0.25, 0.3) is 11.1 Å². The standard InChI is InChI=1S/C13H7Cl4NO/c14-9-3-6(13(18)19)1-2-8(9)7-4-10(15)12(17)11(16)5-7/h1-5H,(H2,18,19). The van der Waals surface area contributed by atoms with E-state index in [-0.39, 0.29) is 5.02 Å². The van der Waals surface area contributed by atoms with E-state index in [2.05, 4.69) is 0 Å². The maximum absolute atomic E-state index is 11.1. The van der Waals surface area contributed by atoms with Gasteiger partial charge in [0.1, 0.15) is 0 Å². The van der Waals surface area contributed by atoms with E-state index in [9.17, 15) is 4.79 Å². The Kier molecular flexibility index (Phi) is 4.26. The van der Waals surface area contributed by atoms with Crippen molar-refractivity contribution in [3.63, 3.8) is 0 Å². The molecule has 98 valence electrons. The van der Waals surface area contributed by atoms with Crippen LogP contribution in [0.5, 0.6) is 0 Å². The van der Waals surface area contributed by atoms with Crippen LogP contribution < -0.4 is 5.73 Å². The summed E-state index contributed by atoms with van der Waals surface area (Å²) in [5.41, 5.74) is 6.91. The molecule has 2 rings (SSSR count). The number of rotatable bonds is 2. The lowest BCUT2D eigenvalue weighted by molar-refractivity contribution is 0.100. The van der Waals surface area contributed by atoms with Crippen molar-refractivity contribution < 1.29 is 4.79 Å². The smallest absolute Gasteiger partial charge is 0.248 e. The number of halogens is 4. The predicted molar refractivity (Wildman–Crippen MR) is 80.4 cm³/mol. The summed E-state index contributed by atoms with van der Waals surface area (Å²) in [6.45, 7) is 0. The Morgan fingerprint density at radius 3 is 1.95 bits per heavy atom. The van der Waals surface area contributed by atoms with Gasteiger partial charge in [-0.2, -0.15) is 0 Å². The van der Waals surface area contributed by atoms with Gasteiger partial charge < -0.3 is 5.73 Å². The van der Waals surface area contributed by atoms with Crippen LogP contribution in [0, 0.1) is 0 Å². The number of amides is 1. The lowest BCUT2D eigenvalue weighted by Gasteiger charge is -2.08. The number of carbonyl (C=O) groups excluding carboxylic acids is 1. The Bertz CT molecular complexity index is 647. The molecule has 0 bridgehead atoms. The Labute approximate surface area is 130 Å². The second-order valence-corrected chi connectivity index (χ2v) is 5.41. The summed E-state index contributed by atoms with van der Waals surface area (Å²) in [5.74, 6) is -0.541. The van der Waals surface area contributed by atoms with Gasteiger partial charge in [0.25, 0.3) is 0 Å². The Balaban J connectivity index is 2.56. The Morgan fingerprint density at radius 1 is 0.895 bits per heavy atom. The zero-order valence-electron chi connectivity index (χ0n) is 9.38. The summed E-state index contributed by atoms with van der Waals surface area (Å²) in [7, 11) is 0. The highest BCUT2D eigenvalue weighted by molar-refractivity contribution is 6.48. The van der Waals surface area contributed by atoms with E-state index in [4.69, 9.17) is 52.1 Å². The molecule has 0 saturated heterocycles. The van der Waals surface area contributed by atoms with Gasteiger partial charge in [0, 0.05) is 16.1 Å². The summed E-state index contributed by atoms with van der Waals surface area (Å²) in [6, 6.07) is 8.07. The Hall–Kier alpha value is -0.930. The van der Waals surface area contributed by atoms with Crippen LogP contribution >= 0.6 is 46.4 Å². The van der Waals surface area contributed by atoms with Crippen molar-refractivity contribution in [3.05, 3.63) is 56.0 Å². The van der Waals surface area contributed by atoms with Gasteiger partial charge in [0.2, 0.25) is 5.91 Å². The van der Waals surface area contributed by atoms with Crippen LogP contribution in [0.4, 0.5) is 0 Å². The molecule has 2 nitrogen and oxygen atoms in total. The molecule has 2 N–H and O–H groups in total. The molecule has 0 saturated carbocycles. The van der Waals surface area contributed by atoms with Gasteiger partial charge in [0.05, 0.1) is 15.1 Å². The number of hydrogen-bond acceptors (Lipinski definition) is 1. The number of benzene rings is 2. The van der Waals surface area contributed by atoms with Gasteiger partial charge in [0.15, 0.2) is 0 Å². The van der Waals surface area contributed by atoms with Crippen molar-refractivity contribution in [2.45, 2.75) is 0 Å². The summed E-state index contributed by atoms with van der Waals surface area (Å²) in [5, 5.41) is 1.33. The van der Waals surface area contributed by atoms with E-state index in [1.807, 2.05) is 0 Å². The highest BCUT2D eigenvalue weighted by atomic mass is 35.5. The van der Waals surface area contributed by atoms with Gasteiger partial charge >= 0.3 is 0 Å². The molecule has 0 aliphatic heterocycles. The van der Waals surface area contributed by atoms with E-state index < -0.39 is 5.91 Å². The highest BCUT2D eigenvalue weighted by Crippen LogP contribution is 2.37. The molecule has 0 unspecified atom stereocenters. The number of nitrogens with two attached hydrogens (primary N) is 1. The first-order valence-corrected chi connectivity index (χ1v) is 6.65. The van der Waals surface area contributed by atoms with Crippen LogP contribution in [0.2, 0.25) is 20.1 Å². The average Bonchev–Trinajstić information content (AvgIpc) is 2.35. The van der Waals surface area contributed by atoms with Crippen molar-refractivity contribution in [2.24, 2.45) is 5.73 Å². The zero-order valence-corrected chi connectivity index (χ0v) is 12.4. The topological polar surface area (TPSA) is 43.1 Å². The van der Waals surface area contributed by atoms with Crippen molar-refractivity contribution >= 4 is 52.3 Å². The first-order chi connectivity index (χ1) is 8.90. The predicted octanol–water partition coefficient (Wildman–Crippen LogP) is 5.07. The minimum atomic E-state index is -0.541. The maximum atomic E-state index is 11.1. The van der Waals surface area contributed by atoms with Gasteiger partial charge in [-0.25, -0.2) is 0 Å². The molecule has 2 aromatic carbocycles. The fourth-order valence-corrected chi connectivity index (χ4v) is 2.50. The third-order valence-corrected chi connectivity index (χ3v) is 4.06. The molecule has 0 radical (unpaired) electrons. The van der Waals surface area contributed by atoms with E-state index in [1.165, 1.54) is 6.07 Å². The fourth-order valence-electron chi connectivity index (χ4n) is 1.61. The van der Waals surface area contributed by atoms with Crippen LogP contribution in [0.15, 0.2) is 30.3 Å². The lowest BCUT2D eigenvalue weighted by Crippen LogP contribution is -2.10. The van der Waals surface area contributed by atoms with E-state index >= 15 is 0 Å². The van der Waals surface area contributed by atoms with Crippen LogP contribution in [-0.4, -0.2) is 5.91 Å². The average molecular weight is 335 g/mol. The normalized spacial score (nSPS) is 10.5. The van der Waals surface area contributed by atoms with Crippen LogP contribution in [0.1, 0.15) is 10.4 Å². The van der Waals surface area contributed by atoms with Crippen LogP contribution in [-0.2, 0) is 0 Å². The molecule has 2 aromatic rings. The van der Waals surface area contributed by atoms with E-state index in [1.54, 1.807) is 24.3 Å². The minimum absolute atomic E-state index is 0.289. The second kappa shape index (κ2) is 5.59. The molecule has 0 spiro atoms. The van der Waals surface area contributed by atoms with Gasteiger partial charge in [-0.1, -0.05) is 52.5 Å². The van der Waals surface area contributed by atoms with Crippen molar-refractivity contribution in [2.75, 3.05) is 0 Å². The van der Waals surface area contributed by atoms with E-state index in [0.29, 0.717) is 31.8 Å². The zero-order chi connectivity index (χ0) is 14.2. The highest BCUT2D eigenvalue weighted by Gasteiger charge is 2.11. The first kappa shape index (κ1) is 14.5. The Morgan fingerprint density at radius 2 is 1.47 bits per heavy atom. The number of primary amides is 1. The number of carbonyl (C=O) groups is 1. The minimum Gasteiger partial charge on any atom is -0.366 e. The summed E-state index contributed by atoms with van der Waals surface area (Å²) in [6.07, 6.45) is 0. The van der Waals surface area contributed by atoms with Crippen molar-refractivity contribution in [1.82, 2.24) is 0 Å². The molecular weight excluding hydrogens is 328 g/mol. The van der Waals surface area contributed by atoms with Crippen LogP contribution in [0.3, 0.4) is 0 Å². The molecule has 0 aliphatic rings. The summed E-state index contributed by atoms with van der Waals surface area (Å²) < 4.78 is 0. The van der Waals surface area contributed by atoms with Gasteiger partial charge in [-0.3, -0.25) is 4.79 Å².